The molecule has 0 aliphatic carbocycles. The molecule has 0 saturated carbocycles. The molecule has 1 aromatic heterocycles. The Hall–Kier alpha value is -0.940. The first-order valence-corrected chi connectivity index (χ1v) is 6.73. The Balaban J connectivity index is 1.96. The van der Waals surface area contributed by atoms with E-state index in [2.05, 4.69) is 29.2 Å². The first-order chi connectivity index (χ1) is 8.61. The molecule has 0 spiro atoms. The van der Waals surface area contributed by atoms with E-state index in [0.717, 1.165) is 45.0 Å². The third-order valence-electron chi connectivity index (χ3n) is 3.58. The zero-order chi connectivity index (χ0) is 13.0. The molecule has 18 heavy (non-hydrogen) atoms. The SMILES string of the molecule is CC(C)CNCC1(Cc2ncnn2C)CCOC1. The van der Waals surface area contributed by atoms with Crippen molar-refractivity contribution >= 4 is 0 Å². The van der Waals surface area contributed by atoms with Crippen molar-refractivity contribution in [1.82, 2.24) is 20.1 Å². The van der Waals surface area contributed by atoms with Crippen molar-refractivity contribution in [2.75, 3.05) is 26.3 Å². The molecule has 1 unspecified atom stereocenters. The monoisotopic (exact) mass is 252 g/mol. The maximum atomic E-state index is 5.61. The van der Waals surface area contributed by atoms with Crippen molar-refractivity contribution < 1.29 is 4.74 Å². The molecule has 1 aliphatic rings. The summed E-state index contributed by atoms with van der Waals surface area (Å²) in [6.07, 6.45) is 3.67. The molecule has 5 nitrogen and oxygen atoms in total. The highest BCUT2D eigenvalue weighted by molar-refractivity contribution is 4.97. The minimum absolute atomic E-state index is 0.190. The van der Waals surface area contributed by atoms with E-state index < -0.39 is 0 Å². The van der Waals surface area contributed by atoms with Crippen LogP contribution in [0.15, 0.2) is 6.33 Å². The van der Waals surface area contributed by atoms with E-state index in [9.17, 15) is 0 Å². The van der Waals surface area contributed by atoms with Gasteiger partial charge in [0.25, 0.3) is 0 Å². The first-order valence-electron chi connectivity index (χ1n) is 6.73. The van der Waals surface area contributed by atoms with Crippen LogP contribution in [-0.2, 0) is 18.2 Å². The fourth-order valence-electron chi connectivity index (χ4n) is 2.43. The van der Waals surface area contributed by atoms with Crippen LogP contribution in [0, 0.1) is 11.3 Å². The maximum absolute atomic E-state index is 5.61. The number of hydrogen-bond donors (Lipinski definition) is 1. The summed E-state index contributed by atoms with van der Waals surface area (Å²) in [6.45, 7) is 8.20. The van der Waals surface area contributed by atoms with Crippen molar-refractivity contribution in [3.05, 3.63) is 12.2 Å². The molecule has 5 heteroatoms. The third kappa shape index (κ3) is 3.29. The molecular weight excluding hydrogens is 228 g/mol. The molecule has 0 aromatic carbocycles. The van der Waals surface area contributed by atoms with E-state index in [1.165, 1.54) is 0 Å². The van der Waals surface area contributed by atoms with Crippen molar-refractivity contribution in [3.63, 3.8) is 0 Å². The Labute approximate surface area is 109 Å². The molecule has 102 valence electrons. The molecule has 1 N–H and O–H groups in total. The van der Waals surface area contributed by atoms with Gasteiger partial charge in [0.2, 0.25) is 0 Å². The van der Waals surface area contributed by atoms with E-state index in [1.807, 2.05) is 11.7 Å². The first kappa shape index (κ1) is 13.5. The molecule has 1 saturated heterocycles. The summed E-state index contributed by atoms with van der Waals surface area (Å²) in [6, 6.07) is 0. The van der Waals surface area contributed by atoms with Gasteiger partial charge in [-0.3, -0.25) is 4.68 Å². The van der Waals surface area contributed by atoms with Gasteiger partial charge in [-0.25, -0.2) is 4.98 Å². The lowest BCUT2D eigenvalue weighted by Gasteiger charge is -2.27. The van der Waals surface area contributed by atoms with Crippen LogP contribution in [0.4, 0.5) is 0 Å². The van der Waals surface area contributed by atoms with E-state index in [4.69, 9.17) is 4.74 Å². The molecule has 1 aromatic rings. The van der Waals surface area contributed by atoms with Gasteiger partial charge in [0.15, 0.2) is 0 Å². The normalized spacial score (nSPS) is 24.0. The number of aryl methyl sites for hydroxylation is 1. The number of hydrogen-bond acceptors (Lipinski definition) is 4. The number of aromatic nitrogens is 3. The zero-order valence-corrected chi connectivity index (χ0v) is 11.6. The van der Waals surface area contributed by atoms with Crippen molar-refractivity contribution in [1.29, 1.82) is 0 Å². The van der Waals surface area contributed by atoms with Gasteiger partial charge in [-0.2, -0.15) is 5.10 Å². The lowest BCUT2D eigenvalue weighted by atomic mass is 9.83. The number of ether oxygens (including phenoxy) is 1. The molecule has 2 heterocycles. The summed E-state index contributed by atoms with van der Waals surface area (Å²) in [5.74, 6) is 1.73. The van der Waals surface area contributed by atoms with E-state index >= 15 is 0 Å². The molecule has 1 atom stereocenters. The Morgan fingerprint density at radius 1 is 1.56 bits per heavy atom. The van der Waals surface area contributed by atoms with E-state index in [-0.39, 0.29) is 5.41 Å². The number of nitrogens with zero attached hydrogens (tertiary/aromatic N) is 3. The van der Waals surface area contributed by atoms with Gasteiger partial charge in [-0.05, 0) is 18.9 Å². The molecule has 2 rings (SSSR count). The highest BCUT2D eigenvalue weighted by Crippen LogP contribution is 2.31. The second-order valence-corrected chi connectivity index (χ2v) is 5.80. The van der Waals surface area contributed by atoms with E-state index in [0.29, 0.717) is 5.92 Å². The van der Waals surface area contributed by atoms with Crippen LogP contribution in [0.3, 0.4) is 0 Å². The average molecular weight is 252 g/mol. The second kappa shape index (κ2) is 5.80. The van der Waals surface area contributed by atoms with E-state index in [1.54, 1.807) is 6.33 Å². The minimum Gasteiger partial charge on any atom is -0.381 e. The summed E-state index contributed by atoms with van der Waals surface area (Å²) >= 11 is 0. The molecule has 0 amide bonds. The van der Waals surface area contributed by atoms with Gasteiger partial charge in [-0.1, -0.05) is 13.8 Å². The van der Waals surface area contributed by atoms with Crippen LogP contribution >= 0.6 is 0 Å². The van der Waals surface area contributed by atoms with Crippen LogP contribution < -0.4 is 5.32 Å². The van der Waals surface area contributed by atoms with Gasteiger partial charge in [0.1, 0.15) is 12.2 Å². The summed E-state index contributed by atoms with van der Waals surface area (Å²) in [4.78, 5) is 4.34. The van der Waals surface area contributed by atoms with Crippen molar-refractivity contribution in [2.24, 2.45) is 18.4 Å². The van der Waals surface area contributed by atoms with Crippen LogP contribution in [0.2, 0.25) is 0 Å². The van der Waals surface area contributed by atoms with Gasteiger partial charge >= 0.3 is 0 Å². The van der Waals surface area contributed by atoms with Crippen LogP contribution in [0.1, 0.15) is 26.1 Å². The fraction of sp³-hybridized carbons (Fsp3) is 0.846. The maximum Gasteiger partial charge on any atom is 0.138 e. The number of nitrogens with one attached hydrogen (secondary N) is 1. The van der Waals surface area contributed by atoms with Gasteiger partial charge in [-0.15, -0.1) is 0 Å². The van der Waals surface area contributed by atoms with Gasteiger partial charge < -0.3 is 10.1 Å². The zero-order valence-electron chi connectivity index (χ0n) is 11.6. The molecule has 0 bridgehead atoms. The average Bonchev–Trinajstić information content (AvgIpc) is 2.90. The minimum atomic E-state index is 0.190. The summed E-state index contributed by atoms with van der Waals surface area (Å²) in [5.41, 5.74) is 0.190. The molecular formula is C13H24N4O. The Kier molecular flexibility index (Phi) is 4.35. The van der Waals surface area contributed by atoms with Gasteiger partial charge in [0, 0.05) is 32.0 Å². The smallest absolute Gasteiger partial charge is 0.138 e. The number of rotatable bonds is 6. The molecule has 0 radical (unpaired) electrons. The molecule has 1 aliphatic heterocycles. The largest absolute Gasteiger partial charge is 0.381 e. The van der Waals surface area contributed by atoms with Crippen molar-refractivity contribution in [2.45, 2.75) is 26.7 Å². The van der Waals surface area contributed by atoms with Crippen LogP contribution in [0.25, 0.3) is 0 Å². The Morgan fingerprint density at radius 3 is 2.94 bits per heavy atom. The second-order valence-electron chi connectivity index (χ2n) is 5.80. The summed E-state index contributed by atoms with van der Waals surface area (Å²) in [7, 11) is 1.95. The Morgan fingerprint density at radius 2 is 2.39 bits per heavy atom. The van der Waals surface area contributed by atoms with Crippen molar-refractivity contribution in [3.8, 4) is 0 Å². The van der Waals surface area contributed by atoms with Crippen LogP contribution in [0.5, 0.6) is 0 Å². The summed E-state index contributed by atoms with van der Waals surface area (Å²) < 4.78 is 7.47. The fourth-order valence-corrected chi connectivity index (χ4v) is 2.43. The topological polar surface area (TPSA) is 52.0 Å². The predicted octanol–water partition coefficient (Wildman–Crippen LogP) is 1.01. The van der Waals surface area contributed by atoms with Crippen LogP contribution in [-0.4, -0.2) is 41.1 Å². The lowest BCUT2D eigenvalue weighted by Crippen LogP contribution is -2.38. The lowest BCUT2D eigenvalue weighted by molar-refractivity contribution is 0.147. The highest BCUT2D eigenvalue weighted by atomic mass is 16.5. The standard InChI is InChI=1S/C13H24N4O/c1-11(2)7-14-8-13(4-5-18-9-13)6-12-15-10-16-17(12)3/h10-11,14H,4-9H2,1-3H3. The highest BCUT2D eigenvalue weighted by Gasteiger charge is 2.36. The molecule has 1 fully saturated rings. The third-order valence-corrected chi connectivity index (χ3v) is 3.58. The van der Waals surface area contributed by atoms with Gasteiger partial charge in [0.05, 0.1) is 6.61 Å². The summed E-state index contributed by atoms with van der Waals surface area (Å²) in [5, 5.41) is 7.70. The predicted molar refractivity (Wildman–Crippen MR) is 70.3 cm³/mol. The Bertz CT molecular complexity index is 369. The quantitative estimate of drug-likeness (QED) is 0.821.